The lowest BCUT2D eigenvalue weighted by molar-refractivity contribution is -0.116. The van der Waals surface area contributed by atoms with Crippen LogP contribution in [-0.2, 0) is 4.79 Å². The minimum absolute atomic E-state index is 0.116. The van der Waals surface area contributed by atoms with Gasteiger partial charge in [0.2, 0.25) is 5.91 Å². The Morgan fingerprint density at radius 2 is 1.94 bits per heavy atom. The lowest BCUT2D eigenvalue weighted by atomic mass is 10.1. The Hall–Kier alpha value is -0.770. The van der Waals surface area contributed by atoms with Gasteiger partial charge >= 0.3 is 0 Å². The highest BCUT2D eigenvalue weighted by Gasteiger charge is 2.08. The van der Waals surface area contributed by atoms with Crippen molar-refractivity contribution in [1.29, 1.82) is 0 Å². The van der Waals surface area contributed by atoms with Crippen LogP contribution in [0.3, 0.4) is 0 Å². The van der Waals surface area contributed by atoms with Crippen LogP contribution in [0.1, 0.15) is 19.8 Å². The van der Waals surface area contributed by atoms with Gasteiger partial charge < -0.3 is 11.1 Å². The van der Waals surface area contributed by atoms with Crippen LogP contribution in [0.4, 0.5) is 5.69 Å². The Balaban J connectivity index is 2.62. The molecule has 0 heterocycles. The molecule has 1 aromatic carbocycles. The Morgan fingerprint density at radius 3 is 2.44 bits per heavy atom. The summed E-state index contributed by atoms with van der Waals surface area (Å²) in [4.78, 5) is 11.5. The maximum Gasteiger partial charge on any atom is 0.225 e. The molecule has 88 valence electrons. The highest BCUT2D eigenvalue weighted by atomic mass is 35.5. The number of amides is 1. The van der Waals surface area contributed by atoms with Gasteiger partial charge in [-0.25, -0.2) is 0 Å². The topological polar surface area (TPSA) is 55.1 Å². The number of carbonyl (C=O) groups is 1. The zero-order valence-electron chi connectivity index (χ0n) is 8.97. The quantitative estimate of drug-likeness (QED) is 0.875. The molecular weight excluding hydrogens is 247 g/mol. The molecule has 1 aromatic rings. The molecule has 0 aromatic heterocycles. The van der Waals surface area contributed by atoms with Gasteiger partial charge in [-0.15, -0.1) is 0 Å². The van der Waals surface area contributed by atoms with Crippen molar-refractivity contribution >= 4 is 34.8 Å². The van der Waals surface area contributed by atoms with E-state index in [1.54, 1.807) is 18.2 Å². The van der Waals surface area contributed by atoms with Crippen molar-refractivity contribution in [3.05, 3.63) is 28.2 Å². The smallest absolute Gasteiger partial charge is 0.225 e. The first kappa shape index (κ1) is 13.3. The van der Waals surface area contributed by atoms with E-state index in [9.17, 15) is 4.79 Å². The van der Waals surface area contributed by atoms with Crippen LogP contribution in [0.2, 0.25) is 10.0 Å². The van der Waals surface area contributed by atoms with Crippen LogP contribution in [0.25, 0.3) is 0 Å². The number of anilines is 1. The molecule has 0 fully saturated rings. The molecule has 5 heteroatoms. The van der Waals surface area contributed by atoms with Gasteiger partial charge in [0.1, 0.15) is 0 Å². The fourth-order valence-electron chi connectivity index (χ4n) is 1.22. The first-order valence-corrected chi connectivity index (χ1v) is 5.78. The molecule has 16 heavy (non-hydrogen) atoms. The molecule has 0 saturated carbocycles. The SMILES string of the molecule is CCC(N)CC(=O)Nc1cc(Cl)cc(Cl)c1. The Bertz CT molecular complexity index is 362. The highest BCUT2D eigenvalue weighted by Crippen LogP contribution is 2.22. The lowest BCUT2D eigenvalue weighted by Gasteiger charge is -2.09. The second-order valence-corrected chi connectivity index (χ2v) is 4.45. The maximum absolute atomic E-state index is 11.5. The van der Waals surface area contributed by atoms with E-state index in [1.165, 1.54) is 0 Å². The number of rotatable bonds is 4. The largest absolute Gasteiger partial charge is 0.327 e. The minimum atomic E-state index is -0.132. The van der Waals surface area contributed by atoms with Crippen molar-refractivity contribution in [2.24, 2.45) is 5.73 Å². The molecule has 0 aliphatic heterocycles. The number of halogens is 2. The molecule has 0 spiro atoms. The molecular formula is C11H14Cl2N2O. The Kier molecular flexibility index (Phi) is 5.06. The molecule has 1 unspecified atom stereocenters. The van der Waals surface area contributed by atoms with Crippen LogP contribution in [0.15, 0.2) is 18.2 Å². The average molecular weight is 261 g/mol. The number of hydrogen-bond donors (Lipinski definition) is 2. The van der Waals surface area contributed by atoms with E-state index in [1.807, 2.05) is 6.92 Å². The van der Waals surface area contributed by atoms with Gasteiger partial charge in [0, 0.05) is 28.2 Å². The van der Waals surface area contributed by atoms with Crippen LogP contribution < -0.4 is 11.1 Å². The van der Waals surface area contributed by atoms with Gasteiger partial charge in [-0.2, -0.15) is 0 Å². The summed E-state index contributed by atoms with van der Waals surface area (Å²) in [5, 5.41) is 3.68. The van der Waals surface area contributed by atoms with Crippen molar-refractivity contribution in [2.45, 2.75) is 25.8 Å². The van der Waals surface area contributed by atoms with E-state index in [0.29, 0.717) is 22.2 Å². The van der Waals surface area contributed by atoms with Gasteiger partial charge in [0.25, 0.3) is 0 Å². The van der Waals surface area contributed by atoms with E-state index in [4.69, 9.17) is 28.9 Å². The van der Waals surface area contributed by atoms with Gasteiger partial charge in [-0.05, 0) is 24.6 Å². The molecule has 1 amide bonds. The standard InChI is InChI=1S/C11H14Cl2N2O/c1-2-9(14)6-11(16)15-10-4-7(12)3-8(13)5-10/h3-5,9H,2,6,14H2,1H3,(H,15,16). The van der Waals surface area contributed by atoms with Crippen LogP contribution in [-0.4, -0.2) is 11.9 Å². The van der Waals surface area contributed by atoms with E-state index in [2.05, 4.69) is 5.32 Å². The first-order chi connectivity index (χ1) is 7.51. The zero-order valence-corrected chi connectivity index (χ0v) is 10.5. The summed E-state index contributed by atoms with van der Waals surface area (Å²) in [5.41, 5.74) is 6.26. The van der Waals surface area contributed by atoms with Gasteiger partial charge in [0.15, 0.2) is 0 Å². The highest BCUT2D eigenvalue weighted by molar-refractivity contribution is 6.35. The van der Waals surface area contributed by atoms with Gasteiger partial charge in [-0.3, -0.25) is 4.79 Å². The van der Waals surface area contributed by atoms with Crippen molar-refractivity contribution in [1.82, 2.24) is 0 Å². The van der Waals surface area contributed by atoms with Crippen LogP contribution in [0, 0.1) is 0 Å². The Morgan fingerprint density at radius 1 is 1.38 bits per heavy atom. The summed E-state index contributed by atoms with van der Waals surface area (Å²) in [6, 6.07) is 4.77. The molecule has 0 aliphatic rings. The van der Waals surface area contributed by atoms with Crippen molar-refractivity contribution < 1.29 is 4.79 Å². The molecule has 0 saturated heterocycles. The second-order valence-electron chi connectivity index (χ2n) is 3.58. The monoisotopic (exact) mass is 260 g/mol. The summed E-state index contributed by atoms with van der Waals surface area (Å²) >= 11 is 11.6. The number of nitrogens with one attached hydrogen (secondary N) is 1. The third kappa shape index (κ3) is 4.39. The number of carbonyl (C=O) groups excluding carboxylic acids is 1. The zero-order chi connectivity index (χ0) is 12.1. The summed E-state index contributed by atoms with van der Waals surface area (Å²) in [7, 11) is 0. The van der Waals surface area contributed by atoms with Crippen molar-refractivity contribution in [3.8, 4) is 0 Å². The molecule has 1 rings (SSSR count). The summed E-state index contributed by atoms with van der Waals surface area (Å²) < 4.78 is 0. The lowest BCUT2D eigenvalue weighted by Crippen LogP contribution is -2.26. The van der Waals surface area contributed by atoms with E-state index >= 15 is 0 Å². The summed E-state index contributed by atoms with van der Waals surface area (Å²) in [6.07, 6.45) is 1.06. The molecule has 3 nitrogen and oxygen atoms in total. The van der Waals surface area contributed by atoms with Gasteiger partial charge in [-0.1, -0.05) is 30.1 Å². The maximum atomic E-state index is 11.5. The minimum Gasteiger partial charge on any atom is -0.327 e. The molecule has 0 radical (unpaired) electrons. The molecule has 3 N–H and O–H groups in total. The number of hydrogen-bond acceptors (Lipinski definition) is 2. The second kappa shape index (κ2) is 6.09. The van der Waals surface area contributed by atoms with Crippen molar-refractivity contribution in [3.63, 3.8) is 0 Å². The predicted octanol–water partition coefficient (Wildman–Crippen LogP) is 3.06. The fraction of sp³-hybridized carbons (Fsp3) is 0.364. The normalized spacial score (nSPS) is 12.2. The third-order valence-corrected chi connectivity index (χ3v) is 2.55. The number of nitrogens with two attached hydrogens (primary N) is 1. The first-order valence-electron chi connectivity index (χ1n) is 5.02. The predicted molar refractivity (Wildman–Crippen MR) is 68.0 cm³/mol. The molecule has 0 bridgehead atoms. The average Bonchev–Trinajstić information content (AvgIpc) is 2.15. The number of benzene rings is 1. The van der Waals surface area contributed by atoms with E-state index < -0.39 is 0 Å². The molecule has 1 atom stereocenters. The van der Waals surface area contributed by atoms with Crippen LogP contribution >= 0.6 is 23.2 Å². The van der Waals surface area contributed by atoms with Crippen LogP contribution in [0.5, 0.6) is 0 Å². The van der Waals surface area contributed by atoms with Gasteiger partial charge in [0.05, 0.1) is 0 Å². The molecule has 0 aliphatic carbocycles. The van der Waals surface area contributed by atoms with E-state index in [0.717, 1.165) is 6.42 Å². The Labute approximate surface area is 105 Å². The third-order valence-electron chi connectivity index (χ3n) is 2.12. The summed E-state index contributed by atoms with van der Waals surface area (Å²) in [5.74, 6) is -0.132. The fourth-order valence-corrected chi connectivity index (χ4v) is 1.75. The van der Waals surface area contributed by atoms with E-state index in [-0.39, 0.29) is 11.9 Å². The summed E-state index contributed by atoms with van der Waals surface area (Å²) in [6.45, 7) is 1.94. The van der Waals surface area contributed by atoms with Crippen molar-refractivity contribution in [2.75, 3.05) is 5.32 Å².